The Bertz CT molecular complexity index is 958. The topological polar surface area (TPSA) is 73.0 Å². The monoisotopic (exact) mass is 336 g/mol. The Kier molecular flexibility index (Phi) is 3.68. The van der Waals surface area contributed by atoms with Crippen LogP contribution in [-0.4, -0.2) is 20.7 Å². The molecule has 4 aromatic rings. The number of thiazole rings is 1. The second kappa shape index (κ2) is 6.13. The van der Waals surface area contributed by atoms with Crippen LogP contribution in [0.2, 0.25) is 0 Å². The molecular weight excluding hydrogens is 324 g/mol. The maximum Gasteiger partial charge on any atom is 0.259 e. The molecule has 0 unspecified atom stereocenters. The van der Waals surface area contributed by atoms with Gasteiger partial charge in [-0.25, -0.2) is 9.67 Å². The minimum atomic E-state index is -0.235. The molecule has 6 nitrogen and oxygen atoms in total. The van der Waals surface area contributed by atoms with Gasteiger partial charge in [-0.2, -0.15) is 5.10 Å². The van der Waals surface area contributed by atoms with E-state index in [0.717, 1.165) is 0 Å². The van der Waals surface area contributed by atoms with E-state index in [4.69, 9.17) is 4.42 Å². The van der Waals surface area contributed by atoms with E-state index >= 15 is 0 Å². The van der Waals surface area contributed by atoms with Gasteiger partial charge in [0.05, 0.1) is 17.5 Å². The van der Waals surface area contributed by atoms with E-state index in [-0.39, 0.29) is 5.91 Å². The molecule has 118 valence electrons. The zero-order valence-electron chi connectivity index (χ0n) is 12.4. The molecule has 0 atom stereocenters. The number of nitrogens with zero attached hydrogens (tertiary/aromatic N) is 3. The first-order chi connectivity index (χ1) is 11.8. The fourth-order valence-electron chi connectivity index (χ4n) is 2.31. The zero-order chi connectivity index (χ0) is 16.4. The Morgan fingerprint density at radius 1 is 1.17 bits per heavy atom. The third-order valence-electron chi connectivity index (χ3n) is 3.40. The number of anilines is 1. The number of rotatable bonds is 4. The average molecular weight is 336 g/mol. The van der Waals surface area contributed by atoms with Gasteiger partial charge >= 0.3 is 0 Å². The highest BCUT2D eigenvalue weighted by molar-refractivity contribution is 7.14. The number of aromatic nitrogens is 3. The normalized spacial score (nSPS) is 10.7. The van der Waals surface area contributed by atoms with Crippen molar-refractivity contribution in [3.8, 4) is 17.1 Å². The lowest BCUT2D eigenvalue weighted by Crippen LogP contribution is -2.15. The van der Waals surface area contributed by atoms with Crippen molar-refractivity contribution in [3.63, 3.8) is 0 Å². The largest absolute Gasteiger partial charge is 0.463 e. The number of carbonyl (C=O) groups is 1. The van der Waals surface area contributed by atoms with Crippen LogP contribution >= 0.6 is 11.3 Å². The van der Waals surface area contributed by atoms with Crippen molar-refractivity contribution in [1.29, 1.82) is 0 Å². The lowest BCUT2D eigenvalue weighted by Gasteiger charge is -2.08. The molecule has 0 aliphatic heterocycles. The van der Waals surface area contributed by atoms with Gasteiger partial charge in [0.15, 0.2) is 10.9 Å². The molecule has 3 heterocycles. The number of benzene rings is 1. The minimum absolute atomic E-state index is 0.235. The molecule has 1 aromatic carbocycles. The molecule has 3 aromatic heterocycles. The number of furan rings is 1. The molecule has 0 saturated carbocycles. The molecule has 0 aliphatic carbocycles. The van der Waals surface area contributed by atoms with E-state index in [0.29, 0.717) is 27.8 Å². The maximum atomic E-state index is 12.6. The van der Waals surface area contributed by atoms with E-state index in [1.54, 1.807) is 35.5 Å². The molecule has 7 heteroatoms. The van der Waals surface area contributed by atoms with Crippen LogP contribution in [0.5, 0.6) is 0 Å². The fourth-order valence-corrected chi connectivity index (χ4v) is 3.00. The standard InChI is InChI=1S/C17H12N4O2S/c22-16(12-5-1-2-6-14(12)21-9-4-8-18-21)20-17-19-13(11-24-17)15-7-3-10-23-15/h1-11H,(H,19,20,22). The summed E-state index contributed by atoms with van der Waals surface area (Å²) >= 11 is 1.35. The molecule has 24 heavy (non-hydrogen) atoms. The van der Waals surface area contributed by atoms with Crippen LogP contribution < -0.4 is 5.32 Å². The lowest BCUT2D eigenvalue weighted by molar-refractivity contribution is 0.102. The van der Waals surface area contributed by atoms with Crippen molar-refractivity contribution in [2.45, 2.75) is 0 Å². The molecule has 0 bridgehead atoms. The average Bonchev–Trinajstić information content (AvgIpc) is 3.36. The predicted molar refractivity (Wildman–Crippen MR) is 91.3 cm³/mol. The van der Waals surface area contributed by atoms with Gasteiger partial charge in [0.2, 0.25) is 0 Å². The number of carbonyl (C=O) groups excluding carboxylic acids is 1. The van der Waals surface area contributed by atoms with Crippen molar-refractivity contribution in [1.82, 2.24) is 14.8 Å². The zero-order valence-corrected chi connectivity index (χ0v) is 13.2. The van der Waals surface area contributed by atoms with Crippen molar-refractivity contribution in [2.75, 3.05) is 5.32 Å². The SMILES string of the molecule is O=C(Nc1nc(-c2ccco2)cs1)c1ccccc1-n1cccn1. The Labute approximate surface area is 141 Å². The third kappa shape index (κ3) is 2.72. The highest BCUT2D eigenvalue weighted by Gasteiger charge is 2.15. The highest BCUT2D eigenvalue weighted by Crippen LogP contribution is 2.26. The number of hydrogen-bond donors (Lipinski definition) is 1. The van der Waals surface area contributed by atoms with Crippen LogP contribution in [0, 0.1) is 0 Å². The summed E-state index contributed by atoms with van der Waals surface area (Å²) in [7, 11) is 0. The van der Waals surface area contributed by atoms with Crippen molar-refractivity contribution >= 4 is 22.4 Å². The van der Waals surface area contributed by atoms with Crippen molar-refractivity contribution in [3.05, 3.63) is 72.1 Å². The maximum absolute atomic E-state index is 12.6. The van der Waals surface area contributed by atoms with Gasteiger partial charge in [-0.3, -0.25) is 10.1 Å². The molecule has 4 rings (SSSR count). The van der Waals surface area contributed by atoms with Gasteiger partial charge in [0.25, 0.3) is 5.91 Å². The Balaban J connectivity index is 1.59. The van der Waals surface area contributed by atoms with Crippen LogP contribution in [0.1, 0.15) is 10.4 Å². The predicted octanol–water partition coefficient (Wildman–Crippen LogP) is 3.84. The third-order valence-corrected chi connectivity index (χ3v) is 4.16. The molecule has 0 radical (unpaired) electrons. The summed E-state index contributed by atoms with van der Waals surface area (Å²) in [6, 6.07) is 12.7. The smallest absolute Gasteiger partial charge is 0.259 e. The van der Waals surface area contributed by atoms with E-state index in [1.807, 2.05) is 35.7 Å². The second-order valence-electron chi connectivity index (χ2n) is 4.94. The quantitative estimate of drug-likeness (QED) is 0.614. The molecular formula is C17H12N4O2S. The number of amides is 1. The van der Waals surface area contributed by atoms with E-state index in [2.05, 4.69) is 15.4 Å². The van der Waals surface area contributed by atoms with Gasteiger partial charge in [-0.05, 0) is 30.3 Å². The van der Waals surface area contributed by atoms with Crippen LogP contribution in [-0.2, 0) is 0 Å². The van der Waals surface area contributed by atoms with Gasteiger partial charge < -0.3 is 4.42 Å². The van der Waals surface area contributed by atoms with Crippen molar-refractivity contribution in [2.24, 2.45) is 0 Å². The second-order valence-corrected chi connectivity index (χ2v) is 5.80. The number of nitrogens with one attached hydrogen (secondary N) is 1. The van der Waals surface area contributed by atoms with Gasteiger partial charge in [0, 0.05) is 17.8 Å². The van der Waals surface area contributed by atoms with E-state index < -0.39 is 0 Å². The summed E-state index contributed by atoms with van der Waals surface area (Å²) in [4.78, 5) is 17.0. The molecule has 0 saturated heterocycles. The summed E-state index contributed by atoms with van der Waals surface area (Å²) in [5.41, 5.74) is 1.93. The highest BCUT2D eigenvalue weighted by atomic mass is 32.1. The summed E-state index contributed by atoms with van der Waals surface area (Å²) in [6.07, 6.45) is 5.06. The fraction of sp³-hybridized carbons (Fsp3) is 0. The van der Waals surface area contributed by atoms with Crippen LogP contribution in [0.4, 0.5) is 5.13 Å². The molecule has 0 aliphatic rings. The summed E-state index contributed by atoms with van der Waals surface area (Å²) in [6.45, 7) is 0. The Morgan fingerprint density at radius 2 is 2.08 bits per heavy atom. The molecule has 1 N–H and O–H groups in total. The Hall–Kier alpha value is -3.19. The summed E-state index contributed by atoms with van der Waals surface area (Å²) in [5.74, 6) is 0.435. The van der Waals surface area contributed by atoms with Gasteiger partial charge in [-0.1, -0.05) is 12.1 Å². The first-order valence-electron chi connectivity index (χ1n) is 7.21. The van der Waals surface area contributed by atoms with Crippen LogP contribution in [0.15, 0.2) is 70.9 Å². The molecule has 0 spiro atoms. The summed E-state index contributed by atoms with van der Waals surface area (Å²) in [5, 5.41) is 9.37. The van der Waals surface area contributed by atoms with E-state index in [9.17, 15) is 4.79 Å². The first-order valence-corrected chi connectivity index (χ1v) is 8.09. The van der Waals surface area contributed by atoms with Crippen LogP contribution in [0.25, 0.3) is 17.1 Å². The first kappa shape index (κ1) is 14.4. The Morgan fingerprint density at radius 3 is 2.88 bits per heavy atom. The van der Waals surface area contributed by atoms with Crippen LogP contribution in [0.3, 0.4) is 0 Å². The lowest BCUT2D eigenvalue weighted by atomic mass is 10.1. The van der Waals surface area contributed by atoms with E-state index in [1.165, 1.54) is 11.3 Å². The number of para-hydroxylation sites is 1. The molecule has 1 amide bonds. The van der Waals surface area contributed by atoms with Gasteiger partial charge in [0.1, 0.15) is 5.69 Å². The number of hydrogen-bond acceptors (Lipinski definition) is 5. The van der Waals surface area contributed by atoms with Gasteiger partial charge in [-0.15, -0.1) is 11.3 Å². The molecule has 0 fully saturated rings. The van der Waals surface area contributed by atoms with Crippen molar-refractivity contribution < 1.29 is 9.21 Å². The summed E-state index contributed by atoms with van der Waals surface area (Å²) < 4.78 is 6.97. The minimum Gasteiger partial charge on any atom is -0.463 e.